The smallest absolute Gasteiger partial charge is 0.225 e. The number of halogens is 1. The van der Waals surface area contributed by atoms with Crippen molar-refractivity contribution in [3.63, 3.8) is 0 Å². The molecule has 2 aliphatic heterocycles. The summed E-state index contributed by atoms with van der Waals surface area (Å²) in [7, 11) is 0. The number of rotatable bonds is 3. The molecule has 0 spiro atoms. The second-order valence-corrected chi connectivity index (χ2v) is 5.17. The van der Waals surface area contributed by atoms with Crippen LogP contribution in [-0.4, -0.2) is 42.6 Å². The number of carbonyl (C=O) groups excluding carboxylic acids is 1. The lowest BCUT2D eigenvalue weighted by Crippen LogP contribution is -2.48. The number of amides is 1. The maximum atomic E-state index is 12.2. The molecule has 1 amide bonds. The predicted octanol–water partition coefficient (Wildman–Crippen LogP) is 1.71. The molecule has 0 bridgehead atoms. The van der Waals surface area contributed by atoms with E-state index >= 15 is 0 Å². The van der Waals surface area contributed by atoms with Crippen molar-refractivity contribution in [3.05, 3.63) is 0 Å². The second kappa shape index (κ2) is 7.97. The van der Waals surface area contributed by atoms with E-state index in [0.29, 0.717) is 13.0 Å². The fourth-order valence-electron chi connectivity index (χ4n) is 2.85. The van der Waals surface area contributed by atoms with E-state index in [1.54, 1.807) is 0 Å². The van der Waals surface area contributed by atoms with Gasteiger partial charge in [-0.3, -0.25) is 4.79 Å². The summed E-state index contributed by atoms with van der Waals surface area (Å²) >= 11 is 0. The summed E-state index contributed by atoms with van der Waals surface area (Å²) in [5, 5.41) is 0. The Bertz CT molecular complexity index is 257. The number of nitrogens with zero attached hydrogens (tertiary/aromatic N) is 1. The Labute approximate surface area is 116 Å². The fourth-order valence-corrected chi connectivity index (χ4v) is 2.85. The first-order chi connectivity index (χ1) is 8.31. The van der Waals surface area contributed by atoms with Crippen molar-refractivity contribution in [3.8, 4) is 0 Å². The number of hydrogen-bond donors (Lipinski definition) is 1. The molecule has 5 heteroatoms. The van der Waals surface area contributed by atoms with Crippen LogP contribution in [0.4, 0.5) is 0 Å². The summed E-state index contributed by atoms with van der Waals surface area (Å²) in [6, 6.07) is 0.264. The molecule has 0 aromatic carbocycles. The highest BCUT2D eigenvalue weighted by Gasteiger charge is 2.28. The van der Waals surface area contributed by atoms with Crippen LogP contribution in [0.3, 0.4) is 0 Å². The van der Waals surface area contributed by atoms with E-state index in [9.17, 15) is 4.79 Å². The van der Waals surface area contributed by atoms with Gasteiger partial charge in [-0.25, -0.2) is 0 Å². The SMILES string of the molecule is Cl.NCC1CCCCN1C(=O)CC1CCCCO1. The maximum absolute atomic E-state index is 12.2. The second-order valence-electron chi connectivity index (χ2n) is 5.17. The molecule has 2 heterocycles. The average Bonchev–Trinajstić information content (AvgIpc) is 2.40. The fraction of sp³-hybridized carbons (Fsp3) is 0.923. The van der Waals surface area contributed by atoms with Gasteiger partial charge in [-0.2, -0.15) is 0 Å². The van der Waals surface area contributed by atoms with E-state index in [1.807, 2.05) is 4.90 Å². The van der Waals surface area contributed by atoms with Gasteiger partial charge in [0.2, 0.25) is 5.91 Å². The number of likely N-dealkylation sites (tertiary alicyclic amines) is 1. The Balaban J connectivity index is 0.00000162. The topological polar surface area (TPSA) is 55.6 Å². The van der Waals surface area contributed by atoms with Gasteiger partial charge in [0, 0.05) is 25.7 Å². The quantitative estimate of drug-likeness (QED) is 0.854. The van der Waals surface area contributed by atoms with Gasteiger partial charge in [-0.15, -0.1) is 12.4 Å². The molecular formula is C13H25ClN2O2. The molecular weight excluding hydrogens is 252 g/mol. The summed E-state index contributed by atoms with van der Waals surface area (Å²) in [6.07, 6.45) is 7.45. The van der Waals surface area contributed by atoms with Gasteiger partial charge < -0.3 is 15.4 Å². The van der Waals surface area contributed by atoms with E-state index in [-0.39, 0.29) is 30.5 Å². The first-order valence-corrected chi connectivity index (χ1v) is 6.92. The van der Waals surface area contributed by atoms with Gasteiger partial charge in [-0.05, 0) is 38.5 Å². The number of piperidine rings is 1. The van der Waals surface area contributed by atoms with Crippen LogP contribution in [0.1, 0.15) is 44.9 Å². The van der Waals surface area contributed by atoms with E-state index in [1.165, 1.54) is 12.8 Å². The molecule has 0 aromatic rings. The predicted molar refractivity (Wildman–Crippen MR) is 73.9 cm³/mol. The maximum Gasteiger partial charge on any atom is 0.225 e. The van der Waals surface area contributed by atoms with Crippen molar-refractivity contribution in [1.82, 2.24) is 4.90 Å². The van der Waals surface area contributed by atoms with Crippen LogP contribution in [0, 0.1) is 0 Å². The minimum atomic E-state index is 0. The molecule has 2 atom stereocenters. The van der Waals surface area contributed by atoms with E-state index in [2.05, 4.69) is 0 Å². The summed E-state index contributed by atoms with van der Waals surface area (Å²) in [5.74, 6) is 0.243. The average molecular weight is 277 g/mol. The van der Waals surface area contributed by atoms with Crippen molar-refractivity contribution in [2.75, 3.05) is 19.7 Å². The van der Waals surface area contributed by atoms with Gasteiger partial charge in [0.25, 0.3) is 0 Å². The largest absolute Gasteiger partial charge is 0.378 e. The lowest BCUT2D eigenvalue weighted by Gasteiger charge is -2.36. The van der Waals surface area contributed by atoms with Gasteiger partial charge >= 0.3 is 0 Å². The number of carbonyl (C=O) groups is 1. The van der Waals surface area contributed by atoms with Gasteiger partial charge in [-0.1, -0.05) is 0 Å². The zero-order valence-corrected chi connectivity index (χ0v) is 11.8. The van der Waals surface area contributed by atoms with Crippen LogP contribution in [-0.2, 0) is 9.53 Å². The monoisotopic (exact) mass is 276 g/mol. The standard InChI is InChI=1S/C13H24N2O2.ClH/c14-10-11-5-1-3-7-15(11)13(16)9-12-6-2-4-8-17-12;/h11-12H,1-10,14H2;1H. The molecule has 2 fully saturated rings. The van der Waals surface area contributed by atoms with Crippen molar-refractivity contribution >= 4 is 18.3 Å². The van der Waals surface area contributed by atoms with Crippen LogP contribution in [0.25, 0.3) is 0 Å². The Kier molecular flexibility index (Phi) is 6.97. The van der Waals surface area contributed by atoms with Crippen LogP contribution in [0.2, 0.25) is 0 Å². The minimum absolute atomic E-state index is 0. The summed E-state index contributed by atoms with van der Waals surface area (Å²) in [6.45, 7) is 2.29. The minimum Gasteiger partial charge on any atom is -0.378 e. The number of nitrogens with two attached hydrogens (primary N) is 1. The molecule has 0 radical (unpaired) electrons. The van der Waals surface area contributed by atoms with Crippen molar-refractivity contribution in [1.29, 1.82) is 0 Å². The Morgan fingerprint density at radius 1 is 1.22 bits per heavy atom. The third-order valence-corrected chi connectivity index (χ3v) is 3.90. The third kappa shape index (κ3) is 4.11. The van der Waals surface area contributed by atoms with E-state index in [0.717, 1.165) is 38.8 Å². The highest BCUT2D eigenvalue weighted by molar-refractivity contribution is 5.85. The molecule has 4 nitrogen and oxygen atoms in total. The lowest BCUT2D eigenvalue weighted by molar-refractivity contribution is -0.138. The summed E-state index contributed by atoms with van der Waals surface area (Å²) < 4.78 is 5.63. The van der Waals surface area contributed by atoms with E-state index < -0.39 is 0 Å². The van der Waals surface area contributed by atoms with Gasteiger partial charge in [0.05, 0.1) is 12.5 Å². The molecule has 2 aliphatic rings. The Morgan fingerprint density at radius 3 is 2.67 bits per heavy atom. The van der Waals surface area contributed by atoms with Crippen molar-refractivity contribution in [2.24, 2.45) is 5.73 Å². The molecule has 0 aliphatic carbocycles. The Morgan fingerprint density at radius 2 is 2.00 bits per heavy atom. The summed E-state index contributed by atoms with van der Waals surface area (Å²) in [4.78, 5) is 14.2. The first kappa shape index (κ1) is 15.7. The van der Waals surface area contributed by atoms with Crippen LogP contribution in [0.5, 0.6) is 0 Å². The van der Waals surface area contributed by atoms with Crippen LogP contribution >= 0.6 is 12.4 Å². The highest BCUT2D eigenvalue weighted by Crippen LogP contribution is 2.21. The van der Waals surface area contributed by atoms with Crippen LogP contribution in [0.15, 0.2) is 0 Å². The molecule has 0 aromatic heterocycles. The zero-order valence-electron chi connectivity index (χ0n) is 11.0. The van der Waals surface area contributed by atoms with Gasteiger partial charge in [0.15, 0.2) is 0 Å². The molecule has 18 heavy (non-hydrogen) atoms. The summed E-state index contributed by atoms with van der Waals surface area (Å²) in [5.41, 5.74) is 5.74. The lowest BCUT2D eigenvalue weighted by atomic mass is 10.00. The Hall–Kier alpha value is -0.320. The van der Waals surface area contributed by atoms with Crippen LogP contribution < -0.4 is 5.73 Å². The molecule has 2 rings (SSSR count). The molecule has 2 unspecified atom stereocenters. The molecule has 2 saturated heterocycles. The van der Waals surface area contributed by atoms with Crippen molar-refractivity contribution in [2.45, 2.75) is 57.1 Å². The zero-order chi connectivity index (χ0) is 12.1. The molecule has 106 valence electrons. The highest BCUT2D eigenvalue weighted by atomic mass is 35.5. The van der Waals surface area contributed by atoms with E-state index in [4.69, 9.17) is 10.5 Å². The van der Waals surface area contributed by atoms with Gasteiger partial charge in [0.1, 0.15) is 0 Å². The molecule has 0 saturated carbocycles. The molecule has 2 N–H and O–H groups in total. The normalized spacial score (nSPS) is 28.6. The first-order valence-electron chi connectivity index (χ1n) is 6.92. The third-order valence-electron chi connectivity index (χ3n) is 3.90. The number of ether oxygens (including phenoxy) is 1. The van der Waals surface area contributed by atoms with Crippen molar-refractivity contribution < 1.29 is 9.53 Å². The number of hydrogen-bond acceptors (Lipinski definition) is 3.